The van der Waals surface area contributed by atoms with Crippen LogP contribution in [-0.4, -0.2) is 59.1 Å². The summed E-state index contributed by atoms with van der Waals surface area (Å²) >= 11 is 7.86. The number of thioether (sulfide) groups is 1. The van der Waals surface area contributed by atoms with E-state index in [1.54, 1.807) is 23.1 Å². The molecule has 2 heterocycles. The molecule has 1 amide bonds. The Morgan fingerprint density at radius 3 is 2.76 bits per heavy atom. The molecule has 3 aromatic rings. The molecule has 1 aromatic heterocycles. The first kappa shape index (κ1) is 28.7. The van der Waals surface area contributed by atoms with E-state index in [2.05, 4.69) is 33.6 Å². The van der Waals surface area contributed by atoms with Crippen LogP contribution in [-0.2, 0) is 24.1 Å². The molecule has 1 aliphatic rings. The molecular weight excluding hydrogens is 533 g/mol. The van der Waals surface area contributed by atoms with E-state index in [0.717, 1.165) is 53.5 Å². The minimum absolute atomic E-state index is 0.0332. The molecule has 0 spiro atoms. The van der Waals surface area contributed by atoms with Crippen molar-refractivity contribution in [3.63, 3.8) is 0 Å². The molecule has 6 nitrogen and oxygen atoms in total. The van der Waals surface area contributed by atoms with Crippen LogP contribution in [0, 0.1) is 0 Å². The number of nitrogens with zero attached hydrogens (tertiary/aromatic N) is 1. The minimum Gasteiger partial charge on any atom is -0.383 e. The number of benzene rings is 2. The number of aromatic nitrogens is 1. The number of carbonyl (C=O) groups is 2. The summed E-state index contributed by atoms with van der Waals surface area (Å²) in [4.78, 5) is 31.3. The zero-order chi connectivity index (χ0) is 26.7. The van der Waals surface area contributed by atoms with Gasteiger partial charge in [0, 0.05) is 60.1 Å². The van der Waals surface area contributed by atoms with Crippen molar-refractivity contribution in [3.05, 3.63) is 81.8 Å². The van der Waals surface area contributed by atoms with Gasteiger partial charge in [0.05, 0.1) is 11.0 Å². The van der Waals surface area contributed by atoms with E-state index in [4.69, 9.17) is 0 Å². The lowest BCUT2D eigenvalue weighted by Crippen LogP contribution is -2.42. The summed E-state index contributed by atoms with van der Waals surface area (Å²) in [6.07, 6.45) is 7.21. The Kier molecular flexibility index (Phi) is 11.1. The van der Waals surface area contributed by atoms with Gasteiger partial charge in [-0.05, 0) is 54.5 Å². The molecule has 0 radical (unpaired) electrons. The lowest BCUT2D eigenvalue weighted by molar-refractivity contribution is -0.120. The average Bonchev–Trinajstić information content (AvgIpc) is 3.61. The van der Waals surface area contributed by atoms with Crippen LogP contribution >= 0.6 is 35.7 Å². The predicted molar refractivity (Wildman–Crippen MR) is 163 cm³/mol. The van der Waals surface area contributed by atoms with Crippen molar-refractivity contribution in [1.82, 2.24) is 15.6 Å². The molecular formula is C29H36N4O2S3. The van der Waals surface area contributed by atoms with Crippen LogP contribution < -0.4 is 16.0 Å². The van der Waals surface area contributed by atoms with Crippen molar-refractivity contribution in [2.24, 2.45) is 0 Å². The number of hydrogen-bond acceptors (Lipinski definition) is 8. The first-order valence-electron chi connectivity index (χ1n) is 13.0. The Balaban J connectivity index is 1.50. The molecule has 3 atom stereocenters. The summed E-state index contributed by atoms with van der Waals surface area (Å²) in [5.41, 5.74) is 3.42. The van der Waals surface area contributed by atoms with E-state index in [1.165, 1.54) is 0 Å². The lowest BCUT2D eigenvalue weighted by Gasteiger charge is -2.20. The van der Waals surface area contributed by atoms with Gasteiger partial charge < -0.3 is 16.0 Å². The maximum absolute atomic E-state index is 13.7. The normalized spacial score (nSPS) is 17.7. The summed E-state index contributed by atoms with van der Waals surface area (Å²) in [6, 6.07) is 15.5. The van der Waals surface area contributed by atoms with E-state index >= 15 is 0 Å². The monoisotopic (exact) mass is 568 g/mol. The molecule has 3 N–H and O–H groups in total. The highest BCUT2D eigenvalue weighted by Crippen LogP contribution is 2.21. The fraction of sp³-hybridized carbons (Fsp3) is 0.414. The smallest absolute Gasteiger partial charge is 0.252 e. The third kappa shape index (κ3) is 8.59. The van der Waals surface area contributed by atoms with Gasteiger partial charge in [-0.25, -0.2) is 4.98 Å². The lowest BCUT2D eigenvalue weighted by atomic mass is 9.98. The molecule has 1 aliphatic heterocycles. The highest BCUT2D eigenvalue weighted by Gasteiger charge is 2.24. The fourth-order valence-corrected chi connectivity index (χ4v) is 6.09. The van der Waals surface area contributed by atoms with E-state index in [-0.39, 0.29) is 11.7 Å². The van der Waals surface area contributed by atoms with Gasteiger partial charge in [-0.3, -0.25) is 9.59 Å². The number of thiol groups is 1. The van der Waals surface area contributed by atoms with Crippen molar-refractivity contribution >= 4 is 53.1 Å². The number of ketones is 1. The predicted octanol–water partition coefficient (Wildman–Crippen LogP) is 4.66. The molecule has 4 rings (SSSR count). The number of hydrogen-bond donors (Lipinski definition) is 4. The summed E-state index contributed by atoms with van der Waals surface area (Å²) in [5.74, 6) is 0.625. The number of Topliss-reactive ketones (excluding diaryl/α,β-unsaturated/α-hetero) is 1. The second-order valence-electron chi connectivity index (χ2n) is 9.61. The second-order valence-corrected chi connectivity index (χ2v) is 12.3. The van der Waals surface area contributed by atoms with Gasteiger partial charge in [-0.15, -0.1) is 11.3 Å². The topological polar surface area (TPSA) is 83.1 Å². The molecule has 2 aromatic carbocycles. The number of anilines is 1. The van der Waals surface area contributed by atoms with Crippen molar-refractivity contribution in [3.8, 4) is 0 Å². The Morgan fingerprint density at radius 2 is 2.05 bits per heavy atom. The SMILES string of the molecule is CSCCC(NC(=O)c1cc(NCC2CC(S)CN2)ccc1CCc1nccs1)C(=O)Cc1ccccc1. The first-order chi connectivity index (χ1) is 18.5. The van der Waals surface area contributed by atoms with Gasteiger partial charge in [-0.2, -0.15) is 24.4 Å². The van der Waals surface area contributed by atoms with E-state index in [1.807, 2.05) is 66.4 Å². The maximum atomic E-state index is 13.7. The van der Waals surface area contributed by atoms with Crippen molar-refractivity contribution in [1.29, 1.82) is 0 Å². The number of aryl methyl sites for hydroxylation is 2. The Bertz CT molecular complexity index is 1170. The van der Waals surface area contributed by atoms with Crippen LogP contribution in [0.15, 0.2) is 60.1 Å². The number of rotatable bonds is 14. The summed E-state index contributed by atoms with van der Waals surface area (Å²) in [6.45, 7) is 1.68. The molecule has 1 fully saturated rings. The van der Waals surface area contributed by atoms with Crippen molar-refractivity contribution < 1.29 is 9.59 Å². The number of thiazole rings is 1. The van der Waals surface area contributed by atoms with Gasteiger partial charge in [0.25, 0.3) is 5.91 Å². The molecule has 1 saturated heterocycles. The molecule has 38 heavy (non-hydrogen) atoms. The number of carbonyl (C=O) groups excluding carboxylic acids is 2. The maximum Gasteiger partial charge on any atom is 0.252 e. The molecule has 3 unspecified atom stereocenters. The first-order valence-corrected chi connectivity index (χ1v) is 15.8. The number of amides is 1. The Hall–Kier alpha value is -2.33. The van der Waals surface area contributed by atoms with Crippen molar-refractivity contribution in [2.45, 2.75) is 49.4 Å². The van der Waals surface area contributed by atoms with E-state index < -0.39 is 6.04 Å². The molecule has 0 bridgehead atoms. The van der Waals surface area contributed by atoms with Gasteiger partial charge >= 0.3 is 0 Å². The van der Waals surface area contributed by atoms with Gasteiger partial charge in [0.2, 0.25) is 0 Å². The molecule has 9 heteroatoms. The summed E-state index contributed by atoms with van der Waals surface area (Å²) < 4.78 is 0. The van der Waals surface area contributed by atoms with Crippen molar-refractivity contribution in [2.75, 3.05) is 30.4 Å². The van der Waals surface area contributed by atoms with E-state index in [0.29, 0.717) is 36.1 Å². The number of nitrogens with one attached hydrogen (secondary N) is 3. The Labute approximate surface area is 239 Å². The van der Waals surface area contributed by atoms with Crippen LogP contribution in [0.2, 0.25) is 0 Å². The second kappa shape index (κ2) is 14.7. The zero-order valence-electron chi connectivity index (χ0n) is 21.7. The molecule has 202 valence electrons. The van der Waals surface area contributed by atoms with Crippen LogP contribution in [0.3, 0.4) is 0 Å². The molecule has 0 saturated carbocycles. The largest absolute Gasteiger partial charge is 0.383 e. The summed E-state index contributed by atoms with van der Waals surface area (Å²) in [5, 5.41) is 13.4. The average molecular weight is 569 g/mol. The van der Waals surface area contributed by atoms with Crippen LogP contribution in [0.1, 0.15) is 39.3 Å². The molecule has 0 aliphatic carbocycles. The van der Waals surface area contributed by atoms with E-state index in [9.17, 15) is 9.59 Å². The standard InChI is InChI=1S/C29H36N4O2S3/c1-37-13-11-26(27(34)15-20-5-3-2-4-6-20)33-29(35)25-17-22(31-18-23-16-24(36)19-32-23)9-7-21(25)8-10-28-30-12-14-38-28/h2-7,9,12,14,17,23-24,26,31-32,36H,8,10-11,13,15-16,18-19H2,1H3,(H,33,35). The zero-order valence-corrected chi connectivity index (χ0v) is 24.2. The summed E-state index contributed by atoms with van der Waals surface area (Å²) in [7, 11) is 0. The third-order valence-corrected chi connectivity index (χ3v) is 8.60. The van der Waals surface area contributed by atoms with Crippen LogP contribution in [0.4, 0.5) is 5.69 Å². The minimum atomic E-state index is -0.534. The quantitative estimate of drug-likeness (QED) is 0.212. The fourth-order valence-electron chi connectivity index (χ4n) is 4.63. The van der Waals surface area contributed by atoms with Crippen LogP contribution in [0.25, 0.3) is 0 Å². The highest BCUT2D eigenvalue weighted by atomic mass is 32.2. The third-order valence-electron chi connectivity index (χ3n) is 6.72. The van der Waals surface area contributed by atoms with Gasteiger partial charge in [0.15, 0.2) is 5.78 Å². The highest BCUT2D eigenvalue weighted by molar-refractivity contribution is 7.98. The van der Waals surface area contributed by atoms with Gasteiger partial charge in [0.1, 0.15) is 0 Å². The Morgan fingerprint density at radius 1 is 1.21 bits per heavy atom. The van der Waals surface area contributed by atoms with Gasteiger partial charge in [-0.1, -0.05) is 36.4 Å². The van der Waals surface area contributed by atoms with Crippen LogP contribution in [0.5, 0.6) is 0 Å².